The maximum Gasteiger partial charge on any atom is 0.315 e. The maximum absolute atomic E-state index is 11.9. The second kappa shape index (κ2) is 5.74. The molecule has 2 amide bonds. The van der Waals surface area contributed by atoms with Gasteiger partial charge in [-0.05, 0) is 31.1 Å². The number of nitrogens with one attached hydrogen (secondary N) is 2. The van der Waals surface area contributed by atoms with Crippen LogP contribution in [0.5, 0.6) is 0 Å². The van der Waals surface area contributed by atoms with Crippen molar-refractivity contribution in [2.45, 2.75) is 72.4 Å². The molecule has 0 aromatic rings. The van der Waals surface area contributed by atoms with E-state index in [0.717, 1.165) is 6.42 Å². The third-order valence-corrected chi connectivity index (χ3v) is 4.07. The molecule has 1 saturated carbocycles. The minimum atomic E-state index is -0.00817. The highest BCUT2D eigenvalue weighted by molar-refractivity contribution is 5.74. The van der Waals surface area contributed by atoms with Crippen LogP contribution in [0.3, 0.4) is 0 Å². The molecular weight excluding hydrogens is 212 g/mol. The fourth-order valence-electron chi connectivity index (χ4n) is 2.15. The molecule has 0 heterocycles. The van der Waals surface area contributed by atoms with E-state index < -0.39 is 0 Å². The summed E-state index contributed by atoms with van der Waals surface area (Å²) in [6.45, 7) is 10.7. The van der Waals surface area contributed by atoms with E-state index in [1.807, 2.05) is 0 Å². The third-order valence-electron chi connectivity index (χ3n) is 4.07. The van der Waals surface area contributed by atoms with Gasteiger partial charge < -0.3 is 10.6 Å². The SMILES string of the molecule is C[C@@H]1CCCC[C@H]1NC(=O)N[C@@H](C)C(C)(C)C. The Balaban J connectivity index is 2.38. The number of amides is 2. The summed E-state index contributed by atoms with van der Waals surface area (Å²) in [5, 5.41) is 6.16. The van der Waals surface area contributed by atoms with Crippen molar-refractivity contribution in [2.75, 3.05) is 0 Å². The minimum Gasteiger partial charge on any atom is -0.335 e. The smallest absolute Gasteiger partial charge is 0.315 e. The summed E-state index contributed by atoms with van der Waals surface area (Å²) in [4.78, 5) is 11.9. The second-order valence-electron chi connectivity index (χ2n) is 6.57. The monoisotopic (exact) mass is 240 g/mol. The molecule has 0 aromatic heterocycles. The van der Waals surface area contributed by atoms with E-state index in [9.17, 15) is 4.79 Å². The van der Waals surface area contributed by atoms with E-state index in [4.69, 9.17) is 0 Å². The fourth-order valence-corrected chi connectivity index (χ4v) is 2.15. The Morgan fingerprint density at radius 2 is 1.82 bits per heavy atom. The predicted octanol–water partition coefficient (Wildman–Crippen LogP) is 3.30. The number of hydrogen-bond donors (Lipinski definition) is 2. The number of rotatable bonds is 2. The predicted molar refractivity (Wildman–Crippen MR) is 72.0 cm³/mol. The summed E-state index contributed by atoms with van der Waals surface area (Å²) < 4.78 is 0. The van der Waals surface area contributed by atoms with Crippen LogP contribution in [0.15, 0.2) is 0 Å². The Bertz CT molecular complexity index is 257. The van der Waals surface area contributed by atoms with Gasteiger partial charge >= 0.3 is 6.03 Å². The topological polar surface area (TPSA) is 41.1 Å². The van der Waals surface area contributed by atoms with Gasteiger partial charge in [0.1, 0.15) is 0 Å². The van der Waals surface area contributed by atoms with Crippen molar-refractivity contribution in [2.24, 2.45) is 11.3 Å². The summed E-state index contributed by atoms with van der Waals surface area (Å²) in [5.74, 6) is 0.611. The lowest BCUT2D eigenvalue weighted by molar-refractivity contribution is 0.206. The molecule has 0 spiro atoms. The van der Waals surface area contributed by atoms with Crippen molar-refractivity contribution in [3.63, 3.8) is 0 Å². The molecule has 3 heteroatoms. The van der Waals surface area contributed by atoms with Gasteiger partial charge in [-0.2, -0.15) is 0 Å². The maximum atomic E-state index is 11.9. The van der Waals surface area contributed by atoms with Crippen LogP contribution in [0, 0.1) is 11.3 Å². The molecule has 1 rings (SSSR count). The largest absolute Gasteiger partial charge is 0.335 e. The molecule has 17 heavy (non-hydrogen) atoms. The van der Waals surface area contributed by atoms with Gasteiger partial charge in [-0.3, -0.25) is 0 Å². The van der Waals surface area contributed by atoms with E-state index in [-0.39, 0.29) is 17.5 Å². The summed E-state index contributed by atoms with van der Waals surface area (Å²) in [6.07, 6.45) is 4.90. The van der Waals surface area contributed by atoms with Crippen LogP contribution in [0.25, 0.3) is 0 Å². The molecule has 3 nitrogen and oxygen atoms in total. The molecule has 1 aliphatic rings. The number of hydrogen-bond acceptors (Lipinski definition) is 1. The van der Waals surface area contributed by atoms with Crippen molar-refractivity contribution >= 4 is 6.03 Å². The van der Waals surface area contributed by atoms with Gasteiger partial charge in [0.25, 0.3) is 0 Å². The third kappa shape index (κ3) is 4.57. The molecular formula is C14H28N2O. The van der Waals surface area contributed by atoms with Gasteiger partial charge in [0.2, 0.25) is 0 Å². The van der Waals surface area contributed by atoms with Crippen LogP contribution < -0.4 is 10.6 Å². The van der Waals surface area contributed by atoms with Gasteiger partial charge in [0, 0.05) is 12.1 Å². The van der Waals surface area contributed by atoms with E-state index >= 15 is 0 Å². The Kier molecular flexibility index (Phi) is 4.84. The molecule has 0 aliphatic heterocycles. The van der Waals surface area contributed by atoms with E-state index in [2.05, 4.69) is 45.3 Å². The van der Waals surface area contributed by atoms with Crippen molar-refractivity contribution in [3.8, 4) is 0 Å². The molecule has 3 atom stereocenters. The van der Waals surface area contributed by atoms with E-state index in [0.29, 0.717) is 12.0 Å². The molecule has 2 N–H and O–H groups in total. The average molecular weight is 240 g/mol. The molecule has 0 saturated heterocycles. The zero-order chi connectivity index (χ0) is 13.1. The Morgan fingerprint density at radius 1 is 1.24 bits per heavy atom. The van der Waals surface area contributed by atoms with Crippen LogP contribution in [-0.4, -0.2) is 18.1 Å². The summed E-state index contributed by atoms with van der Waals surface area (Å²) in [6, 6.07) is 0.531. The summed E-state index contributed by atoms with van der Waals surface area (Å²) in [5.41, 5.74) is 0.107. The first-order valence-corrected chi connectivity index (χ1v) is 6.87. The van der Waals surface area contributed by atoms with Crippen molar-refractivity contribution < 1.29 is 4.79 Å². The highest BCUT2D eigenvalue weighted by Gasteiger charge is 2.25. The van der Waals surface area contributed by atoms with Crippen LogP contribution in [-0.2, 0) is 0 Å². The standard InChI is InChI=1S/C14H28N2O/c1-10-8-6-7-9-12(10)16-13(17)15-11(2)14(3,4)5/h10-12H,6-9H2,1-5H3,(H2,15,16,17)/t10-,11+,12-/m1/s1. The van der Waals surface area contributed by atoms with E-state index in [1.54, 1.807) is 0 Å². The minimum absolute atomic E-state index is 0.00817. The lowest BCUT2D eigenvalue weighted by atomic mass is 9.86. The molecule has 1 fully saturated rings. The summed E-state index contributed by atoms with van der Waals surface area (Å²) in [7, 11) is 0. The zero-order valence-electron chi connectivity index (χ0n) is 12.0. The molecule has 0 bridgehead atoms. The van der Waals surface area contributed by atoms with Gasteiger partial charge in [0.05, 0.1) is 0 Å². The molecule has 0 radical (unpaired) electrons. The average Bonchev–Trinajstić information content (AvgIpc) is 2.20. The lowest BCUT2D eigenvalue weighted by Gasteiger charge is -2.32. The first kappa shape index (κ1) is 14.3. The summed E-state index contributed by atoms with van der Waals surface area (Å²) >= 11 is 0. The van der Waals surface area contributed by atoms with Gasteiger partial charge in [-0.15, -0.1) is 0 Å². The first-order valence-electron chi connectivity index (χ1n) is 6.87. The zero-order valence-corrected chi connectivity index (χ0v) is 12.0. The van der Waals surface area contributed by atoms with Crippen LogP contribution in [0.1, 0.15) is 60.3 Å². The Labute approximate surface area is 106 Å². The number of carbonyl (C=O) groups excluding carboxylic acids is 1. The van der Waals surface area contributed by atoms with Crippen LogP contribution in [0.2, 0.25) is 0 Å². The second-order valence-corrected chi connectivity index (χ2v) is 6.57. The van der Waals surface area contributed by atoms with Crippen LogP contribution >= 0.6 is 0 Å². The number of urea groups is 1. The molecule has 1 aliphatic carbocycles. The van der Waals surface area contributed by atoms with E-state index in [1.165, 1.54) is 19.3 Å². The normalized spacial score (nSPS) is 27.4. The molecule has 0 aromatic carbocycles. The molecule has 0 unspecified atom stereocenters. The number of carbonyl (C=O) groups is 1. The fraction of sp³-hybridized carbons (Fsp3) is 0.929. The highest BCUT2D eigenvalue weighted by atomic mass is 16.2. The Morgan fingerprint density at radius 3 is 2.35 bits per heavy atom. The van der Waals surface area contributed by atoms with Gasteiger partial charge in [-0.1, -0.05) is 40.5 Å². The quantitative estimate of drug-likeness (QED) is 0.764. The van der Waals surface area contributed by atoms with Gasteiger partial charge in [-0.25, -0.2) is 4.79 Å². The lowest BCUT2D eigenvalue weighted by Crippen LogP contribution is -2.51. The van der Waals surface area contributed by atoms with Crippen molar-refractivity contribution in [1.82, 2.24) is 10.6 Å². The van der Waals surface area contributed by atoms with Crippen LogP contribution in [0.4, 0.5) is 4.79 Å². The van der Waals surface area contributed by atoms with Crippen molar-refractivity contribution in [1.29, 1.82) is 0 Å². The van der Waals surface area contributed by atoms with Gasteiger partial charge in [0.15, 0.2) is 0 Å². The highest BCUT2D eigenvalue weighted by Crippen LogP contribution is 2.24. The first-order chi connectivity index (χ1) is 7.80. The Hall–Kier alpha value is -0.730. The molecule has 100 valence electrons. The van der Waals surface area contributed by atoms with Crippen molar-refractivity contribution in [3.05, 3.63) is 0 Å².